The minimum atomic E-state index is -4.71. The van der Waals surface area contributed by atoms with E-state index in [0.29, 0.717) is 5.56 Å². The molecule has 1 saturated heterocycles. The molecule has 1 aliphatic heterocycles. The second-order valence-corrected chi connectivity index (χ2v) is 7.16. The summed E-state index contributed by atoms with van der Waals surface area (Å²) in [4.78, 5) is 13.4. The molecule has 2 rings (SSSR count). The Morgan fingerprint density at radius 3 is 2.35 bits per heavy atom. The smallest absolute Gasteiger partial charge is 0.421 e. The lowest BCUT2D eigenvalue weighted by molar-refractivity contribution is -0.308. The van der Waals surface area contributed by atoms with Crippen LogP contribution in [-0.4, -0.2) is 48.3 Å². The van der Waals surface area contributed by atoms with E-state index in [4.69, 9.17) is 14.2 Å². The fourth-order valence-electron chi connectivity index (χ4n) is 2.86. The first-order chi connectivity index (χ1) is 12.0. The van der Waals surface area contributed by atoms with Gasteiger partial charge in [0.05, 0.1) is 6.61 Å². The van der Waals surface area contributed by atoms with Crippen LogP contribution in [0.15, 0.2) is 30.3 Å². The molecule has 0 spiro atoms. The summed E-state index contributed by atoms with van der Waals surface area (Å²) >= 11 is 0. The molecular formula is C18H24F3NO4. The molecule has 2 unspecified atom stereocenters. The highest BCUT2D eigenvalue weighted by Crippen LogP contribution is 2.45. The Morgan fingerprint density at radius 2 is 1.85 bits per heavy atom. The third-order valence-corrected chi connectivity index (χ3v) is 4.13. The molecule has 2 atom stereocenters. The van der Waals surface area contributed by atoms with E-state index in [1.165, 1.54) is 0 Å². The lowest BCUT2D eigenvalue weighted by atomic mass is 10.0. The van der Waals surface area contributed by atoms with Gasteiger partial charge in [0.2, 0.25) is 5.60 Å². The maximum Gasteiger partial charge on any atom is 0.421 e. The van der Waals surface area contributed by atoms with Crippen LogP contribution in [0, 0.1) is 0 Å². The van der Waals surface area contributed by atoms with E-state index in [9.17, 15) is 18.0 Å². The highest BCUT2D eigenvalue weighted by molar-refractivity contribution is 5.69. The van der Waals surface area contributed by atoms with Crippen LogP contribution < -0.4 is 0 Å². The molecule has 146 valence electrons. The Balaban J connectivity index is 2.28. The summed E-state index contributed by atoms with van der Waals surface area (Å²) < 4.78 is 57.0. The largest absolute Gasteiger partial charge is 0.444 e. The fourth-order valence-corrected chi connectivity index (χ4v) is 2.86. The summed E-state index contributed by atoms with van der Waals surface area (Å²) in [5.74, 6) is 0. The van der Waals surface area contributed by atoms with Gasteiger partial charge in [-0.1, -0.05) is 30.3 Å². The molecule has 0 saturated carbocycles. The van der Waals surface area contributed by atoms with Gasteiger partial charge in [-0.05, 0) is 26.3 Å². The summed E-state index contributed by atoms with van der Waals surface area (Å²) in [6, 6.07) is 8.77. The summed E-state index contributed by atoms with van der Waals surface area (Å²) in [5, 5.41) is 0. The third-order valence-electron chi connectivity index (χ3n) is 4.13. The van der Waals surface area contributed by atoms with Gasteiger partial charge in [0.15, 0.2) is 6.23 Å². The van der Waals surface area contributed by atoms with Crippen LogP contribution in [0.25, 0.3) is 0 Å². The number of rotatable bonds is 4. The van der Waals surface area contributed by atoms with E-state index in [1.807, 2.05) is 0 Å². The summed E-state index contributed by atoms with van der Waals surface area (Å²) in [7, 11) is 0.977. The summed E-state index contributed by atoms with van der Waals surface area (Å²) in [5.41, 5.74) is -2.74. The average Bonchev–Trinajstić information content (AvgIpc) is 2.92. The number of methoxy groups -OCH3 is 1. The van der Waals surface area contributed by atoms with Gasteiger partial charge in [-0.25, -0.2) is 4.79 Å². The highest BCUT2D eigenvalue weighted by Gasteiger charge is 2.67. The van der Waals surface area contributed by atoms with Crippen molar-refractivity contribution in [3.05, 3.63) is 35.9 Å². The van der Waals surface area contributed by atoms with E-state index in [0.717, 1.165) is 12.0 Å². The topological polar surface area (TPSA) is 48.0 Å². The number of alkyl halides is 3. The first-order valence-electron chi connectivity index (χ1n) is 8.27. The molecule has 1 aromatic rings. The first-order valence-corrected chi connectivity index (χ1v) is 8.27. The predicted molar refractivity (Wildman–Crippen MR) is 88.4 cm³/mol. The quantitative estimate of drug-likeness (QED) is 0.794. The van der Waals surface area contributed by atoms with E-state index >= 15 is 0 Å². The second-order valence-electron chi connectivity index (χ2n) is 7.16. The van der Waals surface area contributed by atoms with Crippen molar-refractivity contribution in [1.29, 1.82) is 0 Å². The minimum absolute atomic E-state index is 0.0913. The van der Waals surface area contributed by atoms with E-state index in [-0.39, 0.29) is 13.2 Å². The highest BCUT2D eigenvalue weighted by atomic mass is 19.4. The van der Waals surface area contributed by atoms with Crippen molar-refractivity contribution in [3.8, 4) is 0 Å². The van der Waals surface area contributed by atoms with Crippen molar-refractivity contribution in [2.45, 2.75) is 57.4 Å². The predicted octanol–water partition coefficient (Wildman–Crippen LogP) is 4.12. The molecule has 0 aromatic heterocycles. The Hall–Kier alpha value is -1.80. The van der Waals surface area contributed by atoms with Gasteiger partial charge in [-0.2, -0.15) is 13.2 Å². The van der Waals surface area contributed by atoms with Crippen LogP contribution in [0.3, 0.4) is 0 Å². The Labute approximate surface area is 151 Å². The Morgan fingerprint density at radius 1 is 1.23 bits per heavy atom. The first kappa shape index (κ1) is 20.5. The molecule has 0 aliphatic carbocycles. The van der Waals surface area contributed by atoms with Crippen molar-refractivity contribution < 1.29 is 32.2 Å². The number of likely N-dealkylation sites (tertiary alicyclic amines) is 1. The molecular weight excluding hydrogens is 351 g/mol. The number of benzene rings is 1. The van der Waals surface area contributed by atoms with Gasteiger partial charge in [0, 0.05) is 20.1 Å². The average molecular weight is 375 g/mol. The Bertz CT molecular complexity index is 615. The molecule has 1 aromatic carbocycles. The lowest BCUT2D eigenvalue weighted by Gasteiger charge is -2.38. The van der Waals surface area contributed by atoms with Crippen LogP contribution in [0.5, 0.6) is 0 Å². The molecule has 0 radical (unpaired) electrons. The number of hydrogen-bond donors (Lipinski definition) is 0. The van der Waals surface area contributed by atoms with Gasteiger partial charge < -0.3 is 14.2 Å². The van der Waals surface area contributed by atoms with Crippen LogP contribution in [0.1, 0.15) is 32.8 Å². The molecule has 26 heavy (non-hydrogen) atoms. The van der Waals surface area contributed by atoms with Crippen molar-refractivity contribution in [2.75, 3.05) is 13.7 Å². The standard InChI is InChI=1S/C18H24F3NO4/c1-16(2,3)26-15(23)22-11-10-17(24-4,18(19,20)21)14(22)25-12-13-8-6-5-7-9-13/h5-9,14H,10-12H2,1-4H3. The molecule has 0 bridgehead atoms. The number of carbonyl (C=O) groups is 1. The molecule has 5 nitrogen and oxygen atoms in total. The van der Waals surface area contributed by atoms with Crippen LogP contribution >= 0.6 is 0 Å². The van der Waals surface area contributed by atoms with Crippen molar-refractivity contribution >= 4 is 6.09 Å². The van der Waals surface area contributed by atoms with E-state index in [1.54, 1.807) is 51.1 Å². The van der Waals surface area contributed by atoms with E-state index in [2.05, 4.69) is 0 Å². The third kappa shape index (κ3) is 4.29. The fraction of sp³-hybridized carbons (Fsp3) is 0.611. The molecule has 0 N–H and O–H groups in total. The number of ether oxygens (including phenoxy) is 3. The zero-order valence-electron chi connectivity index (χ0n) is 15.3. The van der Waals surface area contributed by atoms with Gasteiger partial charge in [0.25, 0.3) is 0 Å². The zero-order chi connectivity index (χ0) is 19.6. The van der Waals surface area contributed by atoms with Crippen molar-refractivity contribution in [1.82, 2.24) is 4.90 Å². The number of carbonyl (C=O) groups excluding carboxylic acids is 1. The number of amides is 1. The van der Waals surface area contributed by atoms with Crippen LogP contribution in [0.2, 0.25) is 0 Å². The normalized spacial score (nSPS) is 24.0. The maximum absolute atomic E-state index is 13.8. The van der Waals surface area contributed by atoms with Crippen molar-refractivity contribution in [3.63, 3.8) is 0 Å². The maximum atomic E-state index is 13.8. The van der Waals surface area contributed by atoms with Crippen LogP contribution in [-0.2, 0) is 20.8 Å². The zero-order valence-corrected chi connectivity index (χ0v) is 15.3. The monoisotopic (exact) mass is 375 g/mol. The van der Waals surface area contributed by atoms with Gasteiger partial charge in [-0.3, -0.25) is 4.90 Å². The molecule has 1 heterocycles. The van der Waals surface area contributed by atoms with Gasteiger partial charge in [0.1, 0.15) is 5.60 Å². The van der Waals surface area contributed by atoms with Gasteiger partial charge in [-0.15, -0.1) is 0 Å². The molecule has 1 aliphatic rings. The summed E-state index contributed by atoms with van der Waals surface area (Å²) in [6.07, 6.45) is -7.63. The molecule has 1 amide bonds. The van der Waals surface area contributed by atoms with Crippen LogP contribution in [0.4, 0.5) is 18.0 Å². The SMILES string of the molecule is COC1(C(F)(F)F)CCN(C(=O)OC(C)(C)C)C1OCc1ccccc1. The van der Waals surface area contributed by atoms with E-state index < -0.39 is 36.1 Å². The van der Waals surface area contributed by atoms with Gasteiger partial charge >= 0.3 is 12.3 Å². The molecule has 8 heteroatoms. The number of nitrogens with zero attached hydrogens (tertiary/aromatic N) is 1. The number of hydrogen-bond acceptors (Lipinski definition) is 4. The number of halogens is 3. The molecule has 1 fully saturated rings. The second kappa shape index (κ2) is 7.44. The summed E-state index contributed by atoms with van der Waals surface area (Å²) in [6.45, 7) is 4.67. The Kier molecular flexibility index (Phi) is 5.87. The minimum Gasteiger partial charge on any atom is -0.444 e. The van der Waals surface area contributed by atoms with Crippen molar-refractivity contribution in [2.24, 2.45) is 0 Å². The lowest BCUT2D eigenvalue weighted by Crippen LogP contribution is -2.58.